The van der Waals surface area contributed by atoms with Crippen LogP contribution in [0.25, 0.3) is 0 Å². The number of hydrogen-bond donors (Lipinski definition) is 1. The predicted octanol–water partition coefficient (Wildman–Crippen LogP) is 1.31. The Morgan fingerprint density at radius 2 is 2.11 bits per heavy atom. The number of hydrogen-bond acceptors (Lipinski definition) is 3. The van der Waals surface area contributed by atoms with E-state index in [0.717, 1.165) is 5.56 Å². The maximum absolute atomic E-state index is 12.0. The first kappa shape index (κ1) is 13.5. The summed E-state index contributed by atoms with van der Waals surface area (Å²) in [5, 5.41) is 9.30. The molecule has 0 radical (unpaired) electrons. The van der Waals surface area contributed by atoms with Gasteiger partial charge in [-0.25, -0.2) is 0 Å². The number of nitrogens with zero attached hydrogens (tertiary/aromatic N) is 1. The van der Waals surface area contributed by atoms with Crippen molar-refractivity contribution in [2.45, 2.75) is 12.5 Å². The second kappa shape index (κ2) is 5.84. The molecule has 0 saturated carbocycles. The summed E-state index contributed by atoms with van der Waals surface area (Å²) in [5.41, 5.74) is 0.858. The van der Waals surface area contributed by atoms with Crippen LogP contribution in [0.3, 0.4) is 0 Å². The molecule has 2 rings (SSSR count). The Labute approximate surface area is 111 Å². The number of carboxylic acids is 1. The van der Waals surface area contributed by atoms with Crippen molar-refractivity contribution in [1.29, 1.82) is 0 Å². The number of rotatable bonds is 5. The Bertz CT molecular complexity index is 460. The van der Waals surface area contributed by atoms with Gasteiger partial charge in [-0.1, -0.05) is 30.3 Å². The fraction of sp³-hybridized carbons (Fsp3) is 0.429. The number of carbonyl (C=O) groups is 2. The predicted molar refractivity (Wildman–Crippen MR) is 68.5 cm³/mol. The highest BCUT2D eigenvalue weighted by Crippen LogP contribution is 2.37. The monoisotopic (exact) mass is 263 g/mol. The summed E-state index contributed by atoms with van der Waals surface area (Å²) < 4.78 is 4.99. The quantitative estimate of drug-likeness (QED) is 0.869. The molecular weight excluding hydrogens is 246 g/mol. The van der Waals surface area contributed by atoms with Gasteiger partial charge in [0.2, 0.25) is 5.91 Å². The molecule has 5 heteroatoms. The average Bonchev–Trinajstić information content (AvgIpc) is 2.74. The smallest absolute Gasteiger partial charge is 0.309 e. The second-order valence-corrected chi connectivity index (χ2v) is 4.58. The van der Waals surface area contributed by atoms with E-state index in [1.807, 2.05) is 30.3 Å². The van der Waals surface area contributed by atoms with Crippen molar-refractivity contribution in [3.8, 4) is 0 Å². The van der Waals surface area contributed by atoms with Gasteiger partial charge < -0.3 is 14.7 Å². The van der Waals surface area contributed by atoms with Gasteiger partial charge in [-0.2, -0.15) is 0 Å². The molecule has 102 valence electrons. The van der Waals surface area contributed by atoms with Gasteiger partial charge in [-0.05, 0) is 5.56 Å². The molecule has 0 aromatic heterocycles. The van der Waals surface area contributed by atoms with E-state index in [0.29, 0.717) is 13.2 Å². The molecule has 5 nitrogen and oxygen atoms in total. The lowest BCUT2D eigenvalue weighted by Gasteiger charge is -2.27. The summed E-state index contributed by atoms with van der Waals surface area (Å²) in [6, 6.07) is 8.89. The zero-order valence-corrected chi connectivity index (χ0v) is 10.8. The van der Waals surface area contributed by atoms with E-state index in [1.165, 1.54) is 0 Å². The summed E-state index contributed by atoms with van der Waals surface area (Å²) in [6.45, 7) is 0.820. The lowest BCUT2D eigenvalue weighted by molar-refractivity contribution is -0.142. The van der Waals surface area contributed by atoms with Gasteiger partial charge >= 0.3 is 5.97 Å². The van der Waals surface area contributed by atoms with Crippen molar-refractivity contribution >= 4 is 11.9 Å². The van der Waals surface area contributed by atoms with Crippen LogP contribution in [0.1, 0.15) is 18.0 Å². The number of amides is 1. The van der Waals surface area contributed by atoms with Crippen LogP contribution in [0.2, 0.25) is 0 Å². The highest BCUT2D eigenvalue weighted by atomic mass is 16.5. The number of ether oxygens (including phenoxy) is 1. The average molecular weight is 263 g/mol. The second-order valence-electron chi connectivity index (χ2n) is 4.58. The molecule has 1 amide bonds. The molecule has 19 heavy (non-hydrogen) atoms. The maximum Gasteiger partial charge on any atom is 0.309 e. The zero-order chi connectivity index (χ0) is 13.8. The Balaban J connectivity index is 2.30. The van der Waals surface area contributed by atoms with E-state index in [2.05, 4.69) is 0 Å². The van der Waals surface area contributed by atoms with Crippen LogP contribution < -0.4 is 0 Å². The number of aliphatic carboxylic acids is 1. The maximum atomic E-state index is 12.0. The third kappa shape index (κ3) is 2.76. The first-order valence-corrected chi connectivity index (χ1v) is 6.21. The third-order valence-electron chi connectivity index (χ3n) is 3.43. The van der Waals surface area contributed by atoms with Gasteiger partial charge in [-0.3, -0.25) is 9.59 Å². The molecule has 1 saturated heterocycles. The number of carbonyl (C=O) groups excluding carboxylic acids is 1. The van der Waals surface area contributed by atoms with Crippen molar-refractivity contribution < 1.29 is 19.4 Å². The van der Waals surface area contributed by atoms with Gasteiger partial charge in [-0.15, -0.1) is 0 Å². The van der Waals surface area contributed by atoms with Gasteiger partial charge in [0, 0.05) is 20.1 Å². The molecule has 0 bridgehead atoms. The van der Waals surface area contributed by atoms with E-state index >= 15 is 0 Å². The Kier molecular flexibility index (Phi) is 4.16. The van der Waals surface area contributed by atoms with Gasteiger partial charge in [0.05, 0.1) is 18.6 Å². The topological polar surface area (TPSA) is 66.8 Å². The zero-order valence-electron chi connectivity index (χ0n) is 10.8. The van der Waals surface area contributed by atoms with Crippen LogP contribution in [-0.2, 0) is 14.3 Å². The van der Waals surface area contributed by atoms with Crippen LogP contribution in [0.15, 0.2) is 30.3 Å². The summed E-state index contributed by atoms with van der Waals surface area (Å²) in [5.74, 6) is -1.74. The van der Waals surface area contributed by atoms with Crippen LogP contribution >= 0.6 is 0 Å². The molecular formula is C14H17NO4. The van der Waals surface area contributed by atoms with Gasteiger partial charge in [0.25, 0.3) is 0 Å². The van der Waals surface area contributed by atoms with Crippen molar-refractivity contribution in [1.82, 2.24) is 4.90 Å². The number of benzene rings is 1. The molecule has 1 fully saturated rings. The van der Waals surface area contributed by atoms with E-state index in [-0.39, 0.29) is 12.3 Å². The molecule has 1 aromatic rings. The third-order valence-corrected chi connectivity index (χ3v) is 3.43. The first-order chi connectivity index (χ1) is 9.15. The Hall–Kier alpha value is -1.88. The minimum Gasteiger partial charge on any atom is -0.481 e. The molecule has 0 aliphatic carbocycles. The Morgan fingerprint density at radius 3 is 2.68 bits per heavy atom. The summed E-state index contributed by atoms with van der Waals surface area (Å²) in [4.78, 5) is 24.9. The van der Waals surface area contributed by atoms with Crippen molar-refractivity contribution in [3.05, 3.63) is 35.9 Å². The minimum absolute atomic E-state index is 0.0542. The van der Waals surface area contributed by atoms with Crippen molar-refractivity contribution in [3.63, 3.8) is 0 Å². The van der Waals surface area contributed by atoms with Crippen LogP contribution in [0.4, 0.5) is 0 Å². The van der Waals surface area contributed by atoms with Crippen LogP contribution in [-0.4, -0.2) is 42.1 Å². The molecule has 1 heterocycles. The number of likely N-dealkylation sites (tertiary alicyclic amines) is 1. The highest BCUT2D eigenvalue weighted by molar-refractivity contribution is 5.87. The van der Waals surface area contributed by atoms with Crippen LogP contribution in [0, 0.1) is 5.92 Å². The fourth-order valence-electron chi connectivity index (χ4n) is 2.53. The molecule has 1 N–H and O–H groups in total. The van der Waals surface area contributed by atoms with Crippen molar-refractivity contribution in [2.24, 2.45) is 5.92 Å². The molecule has 1 aliphatic heterocycles. The first-order valence-electron chi connectivity index (χ1n) is 6.21. The molecule has 1 aliphatic rings. The molecule has 0 unspecified atom stereocenters. The van der Waals surface area contributed by atoms with Crippen molar-refractivity contribution in [2.75, 3.05) is 20.3 Å². The lowest BCUT2D eigenvalue weighted by atomic mass is 9.94. The minimum atomic E-state index is -0.929. The van der Waals surface area contributed by atoms with Gasteiger partial charge in [0.1, 0.15) is 0 Å². The summed E-state index contributed by atoms with van der Waals surface area (Å²) >= 11 is 0. The van der Waals surface area contributed by atoms with Gasteiger partial charge in [0.15, 0.2) is 0 Å². The fourth-order valence-corrected chi connectivity index (χ4v) is 2.53. The normalized spacial score (nSPS) is 22.8. The molecule has 1 aromatic carbocycles. The largest absolute Gasteiger partial charge is 0.481 e. The molecule has 2 atom stereocenters. The summed E-state index contributed by atoms with van der Waals surface area (Å²) in [6.07, 6.45) is 0.0542. The van der Waals surface area contributed by atoms with E-state index in [9.17, 15) is 14.7 Å². The number of carboxylic acid groups (broad SMARTS) is 1. The van der Waals surface area contributed by atoms with E-state index in [1.54, 1.807) is 12.0 Å². The highest BCUT2D eigenvalue weighted by Gasteiger charge is 2.44. The SMILES string of the molecule is COCCN1C(=O)C[C@@H](C(=O)O)[C@@H]1c1ccccc1. The number of methoxy groups -OCH3 is 1. The van der Waals surface area contributed by atoms with E-state index in [4.69, 9.17) is 4.74 Å². The summed E-state index contributed by atoms with van der Waals surface area (Å²) in [7, 11) is 1.56. The standard InChI is InChI=1S/C14H17NO4/c1-19-8-7-15-12(16)9-11(14(17)18)13(15)10-5-3-2-4-6-10/h2-6,11,13H,7-9H2,1H3,(H,17,18)/t11-,13+/m1/s1. The Morgan fingerprint density at radius 1 is 1.42 bits per heavy atom. The lowest BCUT2D eigenvalue weighted by Crippen LogP contribution is -2.33. The van der Waals surface area contributed by atoms with E-state index < -0.39 is 17.9 Å². The molecule has 0 spiro atoms. The van der Waals surface area contributed by atoms with Crippen LogP contribution in [0.5, 0.6) is 0 Å².